The second-order valence-corrected chi connectivity index (χ2v) is 4.35. The first kappa shape index (κ1) is 12.5. The third-order valence-electron chi connectivity index (χ3n) is 2.27. The van der Waals surface area contributed by atoms with Crippen LogP contribution in [-0.4, -0.2) is 19.8 Å². The summed E-state index contributed by atoms with van der Waals surface area (Å²) in [5.41, 5.74) is 7.84. The van der Waals surface area contributed by atoms with Crippen molar-refractivity contribution >= 4 is 21.6 Å². The minimum Gasteiger partial charge on any atom is -0.382 e. The van der Waals surface area contributed by atoms with Gasteiger partial charge in [0, 0.05) is 30.4 Å². The van der Waals surface area contributed by atoms with E-state index in [0.717, 1.165) is 22.3 Å². The third kappa shape index (κ3) is 3.81. The number of nitrogens with two attached hydrogens (primary N) is 1. The van der Waals surface area contributed by atoms with E-state index in [1.165, 1.54) is 0 Å². The van der Waals surface area contributed by atoms with Gasteiger partial charge in [-0.3, -0.25) is 0 Å². The number of anilines is 1. The van der Waals surface area contributed by atoms with Crippen LogP contribution < -0.4 is 11.1 Å². The summed E-state index contributed by atoms with van der Waals surface area (Å²) >= 11 is 3.42. The Morgan fingerprint density at radius 3 is 2.87 bits per heavy atom. The van der Waals surface area contributed by atoms with Crippen LogP contribution in [0.3, 0.4) is 0 Å². The van der Waals surface area contributed by atoms with Crippen LogP contribution in [0.25, 0.3) is 0 Å². The lowest BCUT2D eigenvalue weighted by molar-refractivity contribution is 0.129. The molecule has 3 nitrogen and oxygen atoms in total. The summed E-state index contributed by atoms with van der Waals surface area (Å²) in [4.78, 5) is 0. The maximum atomic E-state index is 5.67. The van der Waals surface area contributed by atoms with E-state index in [4.69, 9.17) is 10.5 Å². The van der Waals surface area contributed by atoms with Gasteiger partial charge in [0.1, 0.15) is 0 Å². The highest BCUT2D eigenvalue weighted by molar-refractivity contribution is 9.10. The lowest BCUT2D eigenvalue weighted by Crippen LogP contribution is -2.19. The molecule has 0 radical (unpaired) electrons. The summed E-state index contributed by atoms with van der Waals surface area (Å²) in [7, 11) is 1.71. The molecule has 0 bridgehead atoms. The molecule has 0 saturated carbocycles. The van der Waals surface area contributed by atoms with Crippen molar-refractivity contribution in [2.24, 2.45) is 5.73 Å². The Bertz CT molecular complexity index is 317. The van der Waals surface area contributed by atoms with Crippen molar-refractivity contribution in [3.8, 4) is 0 Å². The van der Waals surface area contributed by atoms with Gasteiger partial charge in [0.05, 0.1) is 6.10 Å². The Labute approximate surface area is 99.1 Å². The number of ether oxygens (including phenoxy) is 1. The lowest BCUT2D eigenvalue weighted by Gasteiger charge is -2.14. The van der Waals surface area contributed by atoms with E-state index in [1.807, 2.05) is 25.1 Å². The fraction of sp³-hybridized carbons (Fsp3) is 0.455. The van der Waals surface area contributed by atoms with Crippen LogP contribution in [0.1, 0.15) is 12.5 Å². The van der Waals surface area contributed by atoms with Gasteiger partial charge >= 0.3 is 0 Å². The Kier molecular flexibility index (Phi) is 5.08. The van der Waals surface area contributed by atoms with Crippen molar-refractivity contribution < 1.29 is 4.74 Å². The third-order valence-corrected chi connectivity index (χ3v) is 2.76. The number of hydrogen-bond donors (Lipinski definition) is 2. The monoisotopic (exact) mass is 272 g/mol. The lowest BCUT2D eigenvalue weighted by atomic mass is 10.2. The first-order valence-corrected chi connectivity index (χ1v) is 5.71. The Balaban J connectivity index is 2.67. The zero-order valence-electron chi connectivity index (χ0n) is 9.09. The molecule has 0 aliphatic heterocycles. The molecule has 1 atom stereocenters. The van der Waals surface area contributed by atoms with Crippen molar-refractivity contribution in [3.05, 3.63) is 28.2 Å². The van der Waals surface area contributed by atoms with Crippen molar-refractivity contribution in [3.63, 3.8) is 0 Å². The van der Waals surface area contributed by atoms with Crippen LogP contribution in [0, 0.1) is 0 Å². The van der Waals surface area contributed by atoms with Crippen LogP contribution >= 0.6 is 15.9 Å². The van der Waals surface area contributed by atoms with Crippen LogP contribution in [0.15, 0.2) is 22.7 Å². The normalized spacial score (nSPS) is 12.5. The molecule has 0 aliphatic rings. The van der Waals surface area contributed by atoms with Gasteiger partial charge in [-0.2, -0.15) is 0 Å². The van der Waals surface area contributed by atoms with E-state index in [2.05, 4.69) is 21.2 Å². The molecule has 1 rings (SSSR count). The number of nitrogens with one attached hydrogen (secondary N) is 1. The zero-order valence-corrected chi connectivity index (χ0v) is 10.7. The predicted molar refractivity (Wildman–Crippen MR) is 67.0 cm³/mol. The Hall–Kier alpha value is -0.580. The van der Waals surface area contributed by atoms with Crippen LogP contribution in [0.2, 0.25) is 0 Å². The molecule has 0 amide bonds. The van der Waals surface area contributed by atoms with Gasteiger partial charge in [-0.15, -0.1) is 0 Å². The summed E-state index contributed by atoms with van der Waals surface area (Å²) < 4.78 is 6.22. The van der Waals surface area contributed by atoms with Crippen molar-refractivity contribution in [1.82, 2.24) is 0 Å². The van der Waals surface area contributed by atoms with Gasteiger partial charge < -0.3 is 15.8 Å². The zero-order chi connectivity index (χ0) is 11.3. The Morgan fingerprint density at radius 2 is 2.27 bits per heavy atom. The summed E-state index contributed by atoms with van der Waals surface area (Å²) in [6, 6.07) is 6.05. The molecule has 0 aliphatic carbocycles. The molecule has 1 aromatic carbocycles. The van der Waals surface area contributed by atoms with Crippen LogP contribution in [0.4, 0.5) is 5.69 Å². The highest BCUT2D eigenvalue weighted by Gasteiger charge is 2.03. The molecular weight excluding hydrogens is 256 g/mol. The second-order valence-electron chi connectivity index (χ2n) is 3.43. The fourth-order valence-electron chi connectivity index (χ4n) is 1.24. The molecule has 0 aromatic heterocycles. The largest absolute Gasteiger partial charge is 0.382 e. The molecule has 0 spiro atoms. The molecule has 1 aromatic rings. The van der Waals surface area contributed by atoms with Gasteiger partial charge in [0.2, 0.25) is 0 Å². The molecule has 4 heteroatoms. The SMILES string of the molecule is COC(C)CNc1ccc(Br)cc1CN. The molecule has 15 heavy (non-hydrogen) atoms. The van der Waals surface area contributed by atoms with E-state index in [-0.39, 0.29) is 6.10 Å². The number of hydrogen-bond acceptors (Lipinski definition) is 3. The minimum atomic E-state index is 0.194. The highest BCUT2D eigenvalue weighted by Crippen LogP contribution is 2.20. The summed E-state index contributed by atoms with van der Waals surface area (Å²) in [6.45, 7) is 3.34. The molecular formula is C11H17BrN2O. The summed E-state index contributed by atoms with van der Waals surface area (Å²) in [6.07, 6.45) is 0.194. The quantitative estimate of drug-likeness (QED) is 0.865. The molecule has 0 saturated heterocycles. The molecule has 3 N–H and O–H groups in total. The Morgan fingerprint density at radius 1 is 1.53 bits per heavy atom. The maximum Gasteiger partial charge on any atom is 0.0715 e. The van der Waals surface area contributed by atoms with E-state index in [1.54, 1.807) is 7.11 Å². The van der Waals surface area contributed by atoms with Gasteiger partial charge in [-0.1, -0.05) is 15.9 Å². The van der Waals surface area contributed by atoms with Gasteiger partial charge in [0.15, 0.2) is 0 Å². The van der Waals surface area contributed by atoms with Crippen LogP contribution in [0.5, 0.6) is 0 Å². The molecule has 0 fully saturated rings. The first-order valence-electron chi connectivity index (χ1n) is 4.92. The number of benzene rings is 1. The first-order chi connectivity index (χ1) is 7.17. The predicted octanol–water partition coefficient (Wildman–Crippen LogP) is 2.35. The number of methoxy groups -OCH3 is 1. The van der Waals surface area contributed by atoms with Crippen molar-refractivity contribution in [2.75, 3.05) is 19.0 Å². The standard InChI is InChI=1S/C11H17BrN2O/c1-8(15-2)7-14-11-4-3-10(12)5-9(11)6-13/h3-5,8,14H,6-7,13H2,1-2H3. The van der Waals surface area contributed by atoms with Gasteiger partial charge in [-0.25, -0.2) is 0 Å². The smallest absolute Gasteiger partial charge is 0.0715 e. The molecule has 84 valence electrons. The van der Waals surface area contributed by atoms with E-state index in [9.17, 15) is 0 Å². The van der Waals surface area contributed by atoms with E-state index in [0.29, 0.717) is 6.54 Å². The number of rotatable bonds is 5. The van der Waals surface area contributed by atoms with E-state index < -0.39 is 0 Å². The minimum absolute atomic E-state index is 0.194. The average molecular weight is 273 g/mol. The fourth-order valence-corrected chi connectivity index (χ4v) is 1.65. The highest BCUT2D eigenvalue weighted by atomic mass is 79.9. The van der Waals surface area contributed by atoms with Crippen molar-refractivity contribution in [2.45, 2.75) is 19.6 Å². The average Bonchev–Trinajstić information content (AvgIpc) is 2.26. The molecule has 1 unspecified atom stereocenters. The van der Waals surface area contributed by atoms with Crippen molar-refractivity contribution in [1.29, 1.82) is 0 Å². The number of halogens is 1. The molecule has 0 heterocycles. The van der Waals surface area contributed by atoms with Gasteiger partial charge in [-0.05, 0) is 30.7 Å². The van der Waals surface area contributed by atoms with Crippen LogP contribution in [-0.2, 0) is 11.3 Å². The second kappa shape index (κ2) is 6.10. The van der Waals surface area contributed by atoms with Gasteiger partial charge in [0.25, 0.3) is 0 Å². The topological polar surface area (TPSA) is 47.3 Å². The maximum absolute atomic E-state index is 5.67. The van der Waals surface area contributed by atoms with E-state index >= 15 is 0 Å². The summed E-state index contributed by atoms with van der Waals surface area (Å²) in [5.74, 6) is 0. The summed E-state index contributed by atoms with van der Waals surface area (Å²) in [5, 5.41) is 3.32.